The fraction of sp³-hybridized carbons (Fsp3) is 0.538. The minimum atomic E-state index is 0.332. The van der Waals surface area contributed by atoms with Crippen LogP contribution in [0.1, 0.15) is 24.0 Å². The van der Waals surface area contributed by atoms with Crippen molar-refractivity contribution in [3.63, 3.8) is 0 Å². The van der Waals surface area contributed by atoms with E-state index in [2.05, 4.69) is 18.3 Å². The van der Waals surface area contributed by atoms with Gasteiger partial charge < -0.3 is 10.1 Å². The third-order valence-corrected chi connectivity index (χ3v) is 3.44. The topological polar surface area (TPSA) is 21.3 Å². The van der Waals surface area contributed by atoms with Crippen LogP contribution in [0.25, 0.3) is 0 Å². The summed E-state index contributed by atoms with van der Waals surface area (Å²) >= 11 is 6.11. The molecule has 0 radical (unpaired) electrons. The fourth-order valence-corrected chi connectivity index (χ4v) is 2.18. The van der Waals surface area contributed by atoms with Crippen LogP contribution >= 0.6 is 11.6 Å². The third kappa shape index (κ3) is 2.69. The molecule has 2 rings (SSSR count). The van der Waals surface area contributed by atoms with E-state index in [1.165, 1.54) is 5.56 Å². The van der Waals surface area contributed by atoms with Crippen LogP contribution in [-0.4, -0.2) is 19.2 Å². The van der Waals surface area contributed by atoms with Crippen molar-refractivity contribution in [2.45, 2.75) is 32.8 Å². The SMILES string of the molecule is Cc1cc(C)c(OC2CCNCC2)cc1Cl. The average molecular weight is 240 g/mol. The summed E-state index contributed by atoms with van der Waals surface area (Å²) in [7, 11) is 0. The molecule has 0 aromatic heterocycles. The Labute approximate surface area is 102 Å². The first kappa shape index (κ1) is 11.7. The second-order valence-electron chi connectivity index (χ2n) is 4.43. The van der Waals surface area contributed by atoms with Gasteiger partial charge in [-0.15, -0.1) is 0 Å². The molecule has 1 aromatic carbocycles. The number of halogens is 1. The zero-order valence-electron chi connectivity index (χ0n) is 9.85. The molecule has 1 aromatic rings. The molecule has 0 spiro atoms. The molecule has 88 valence electrons. The molecule has 0 amide bonds. The van der Waals surface area contributed by atoms with Gasteiger partial charge in [0, 0.05) is 5.02 Å². The van der Waals surface area contributed by atoms with Gasteiger partial charge in [-0.05, 0) is 57.0 Å². The lowest BCUT2D eigenvalue weighted by Gasteiger charge is -2.25. The fourth-order valence-electron chi connectivity index (χ4n) is 2.03. The summed E-state index contributed by atoms with van der Waals surface area (Å²) in [5.41, 5.74) is 2.28. The quantitative estimate of drug-likeness (QED) is 0.857. The first-order valence-electron chi connectivity index (χ1n) is 5.81. The van der Waals surface area contributed by atoms with Crippen molar-refractivity contribution in [3.8, 4) is 5.75 Å². The highest BCUT2D eigenvalue weighted by atomic mass is 35.5. The molecule has 1 fully saturated rings. The summed E-state index contributed by atoms with van der Waals surface area (Å²) in [6.45, 7) is 6.18. The van der Waals surface area contributed by atoms with Crippen molar-refractivity contribution >= 4 is 11.6 Å². The Balaban J connectivity index is 2.11. The van der Waals surface area contributed by atoms with E-state index in [1.807, 2.05) is 13.0 Å². The Morgan fingerprint density at radius 1 is 1.19 bits per heavy atom. The van der Waals surface area contributed by atoms with Gasteiger partial charge in [0.1, 0.15) is 11.9 Å². The van der Waals surface area contributed by atoms with Crippen LogP contribution in [0.3, 0.4) is 0 Å². The molecule has 1 heterocycles. The van der Waals surface area contributed by atoms with Crippen LogP contribution in [0.2, 0.25) is 5.02 Å². The van der Waals surface area contributed by atoms with E-state index in [9.17, 15) is 0 Å². The van der Waals surface area contributed by atoms with Gasteiger partial charge in [0.25, 0.3) is 0 Å². The Morgan fingerprint density at radius 2 is 1.88 bits per heavy atom. The number of ether oxygens (including phenoxy) is 1. The van der Waals surface area contributed by atoms with E-state index in [4.69, 9.17) is 16.3 Å². The van der Waals surface area contributed by atoms with Crippen molar-refractivity contribution < 1.29 is 4.74 Å². The molecule has 0 unspecified atom stereocenters. The predicted octanol–water partition coefficient (Wildman–Crippen LogP) is 3.09. The van der Waals surface area contributed by atoms with E-state index in [0.29, 0.717) is 6.10 Å². The minimum Gasteiger partial charge on any atom is -0.490 e. The lowest BCUT2D eigenvalue weighted by molar-refractivity contribution is 0.161. The van der Waals surface area contributed by atoms with Gasteiger partial charge in [-0.2, -0.15) is 0 Å². The van der Waals surface area contributed by atoms with Crippen molar-refractivity contribution in [2.75, 3.05) is 13.1 Å². The molecular weight excluding hydrogens is 222 g/mol. The summed E-state index contributed by atoms with van der Waals surface area (Å²) in [5.74, 6) is 0.933. The highest BCUT2D eigenvalue weighted by Gasteiger charge is 2.15. The Hall–Kier alpha value is -0.730. The smallest absolute Gasteiger partial charge is 0.124 e. The Bertz CT molecular complexity index is 372. The molecular formula is C13H18ClNO. The molecule has 3 heteroatoms. The maximum atomic E-state index is 6.11. The lowest BCUT2D eigenvalue weighted by Crippen LogP contribution is -2.34. The van der Waals surface area contributed by atoms with Crippen LogP contribution < -0.4 is 10.1 Å². The lowest BCUT2D eigenvalue weighted by atomic mass is 10.1. The summed E-state index contributed by atoms with van der Waals surface area (Å²) in [6.07, 6.45) is 2.48. The molecule has 1 aliphatic rings. The molecule has 1 aliphatic heterocycles. The zero-order chi connectivity index (χ0) is 11.5. The van der Waals surface area contributed by atoms with Crippen LogP contribution in [0.4, 0.5) is 0 Å². The number of aryl methyl sites for hydroxylation is 2. The largest absolute Gasteiger partial charge is 0.490 e. The number of rotatable bonds is 2. The van der Waals surface area contributed by atoms with E-state index in [-0.39, 0.29) is 0 Å². The predicted molar refractivity (Wildman–Crippen MR) is 67.4 cm³/mol. The molecule has 0 aliphatic carbocycles. The zero-order valence-corrected chi connectivity index (χ0v) is 10.6. The van der Waals surface area contributed by atoms with Crippen LogP contribution in [-0.2, 0) is 0 Å². The third-order valence-electron chi connectivity index (χ3n) is 3.04. The van der Waals surface area contributed by atoms with Gasteiger partial charge in [-0.1, -0.05) is 17.7 Å². The van der Waals surface area contributed by atoms with E-state index >= 15 is 0 Å². The maximum absolute atomic E-state index is 6.11. The first-order chi connectivity index (χ1) is 7.66. The number of hydrogen-bond donors (Lipinski definition) is 1. The van der Waals surface area contributed by atoms with Crippen molar-refractivity contribution in [1.82, 2.24) is 5.32 Å². The first-order valence-corrected chi connectivity index (χ1v) is 6.19. The highest BCUT2D eigenvalue weighted by molar-refractivity contribution is 6.31. The number of nitrogens with one attached hydrogen (secondary N) is 1. The minimum absolute atomic E-state index is 0.332. The standard InChI is InChI=1S/C13H18ClNO/c1-9-7-10(2)13(8-12(9)14)16-11-3-5-15-6-4-11/h7-8,11,15H,3-6H2,1-2H3. The van der Waals surface area contributed by atoms with Crippen LogP contribution in [0.15, 0.2) is 12.1 Å². The molecule has 0 saturated carbocycles. The number of piperidine rings is 1. The van der Waals surface area contributed by atoms with Crippen LogP contribution in [0, 0.1) is 13.8 Å². The van der Waals surface area contributed by atoms with Crippen molar-refractivity contribution in [2.24, 2.45) is 0 Å². The second kappa shape index (κ2) is 5.07. The van der Waals surface area contributed by atoms with E-state index in [1.54, 1.807) is 0 Å². The maximum Gasteiger partial charge on any atom is 0.124 e. The summed E-state index contributed by atoms with van der Waals surface area (Å²) in [4.78, 5) is 0. The van der Waals surface area contributed by atoms with Crippen LogP contribution in [0.5, 0.6) is 5.75 Å². The van der Waals surface area contributed by atoms with E-state index in [0.717, 1.165) is 42.3 Å². The Kier molecular flexibility index (Phi) is 3.72. The summed E-state index contributed by atoms with van der Waals surface area (Å²) < 4.78 is 6.00. The normalized spacial score (nSPS) is 17.4. The molecule has 0 bridgehead atoms. The van der Waals surface area contributed by atoms with Gasteiger partial charge in [0.2, 0.25) is 0 Å². The average Bonchev–Trinajstić information content (AvgIpc) is 2.27. The number of benzene rings is 1. The molecule has 1 saturated heterocycles. The van der Waals surface area contributed by atoms with Gasteiger partial charge in [0.05, 0.1) is 0 Å². The summed E-state index contributed by atoms with van der Waals surface area (Å²) in [6, 6.07) is 4.02. The summed E-state index contributed by atoms with van der Waals surface area (Å²) in [5, 5.41) is 4.12. The van der Waals surface area contributed by atoms with Crippen molar-refractivity contribution in [1.29, 1.82) is 0 Å². The van der Waals surface area contributed by atoms with Gasteiger partial charge in [-0.25, -0.2) is 0 Å². The van der Waals surface area contributed by atoms with Gasteiger partial charge in [-0.3, -0.25) is 0 Å². The van der Waals surface area contributed by atoms with Crippen molar-refractivity contribution in [3.05, 3.63) is 28.3 Å². The molecule has 1 N–H and O–H groups in total. The monoisotopic (exact) mass is 239 g/mol. The molecule has 0 atom stereocenters. The van der Waals surface area contributed by atoms with Gasteiger partial charge in [0.15, 0.2) is 0 Å². The molecule has 2 nitrogen and oxygen atoms in total. The number of hydrogen-bond acceptors (Lipinski definition) is 2. The highest BCUT2D eigenvalue weighted by Crippen LogP contribution is 2.28. The Morgan fingerprint density at radius 3 is 2.56 bits per heavy atom. The molecule has 16 heavy (non-hydrogen) atoms. The van der Waals surface area contributed by atoms with E-state index < -0.39 is 0 Å². The second-order valence-corrected chi connectivity index (χ2v) is 4.84. The van der Waals surface area contributed by atoms with Gasteiger partial charge >= 0.3 is 0 Å².